The largest absolute Gasteiger partial charge is 0.358 e. The van der Waals surface area contributed by atoms with Crippen molar-refractivity contribution in [2.75, 3.05) is 16.8 Å². The van der Waals surface area contributed by atoms with Crippen molar-refractivity contribution in [1.82, 2.24) is 0 Å². The third-order valence-electron chi connectivity index (χ3n) is 3.72. The first kappa shape index (κ1) is 14.0. The molecular formula is C17H17ClN2O. The van der Waals surface area contributed by atoms with E-state index in [1.807, 2.05) is 24.3 Å². The molecule has 0 saturated carbocycles. The lowest BCUT2D eigenvalue weighted by Gasteiger charge is -2.22. The lowest BCUT2D eigenvalue weighted by atomic mass is 10.1. The van der Waals surface area contributed by atoms with Gasteiger partial charge in [0.25, 0.3) is 0 Å². The number of carbonyl (C=O) groups is 1. The number of nitrogens with one attached hydrogen (secondary N) is 1. The number of hydrogen-bond donors (Lipinski definition) is 1. The van der Waals surface area contributed by atoms with E-state index in [9.17, 15) is 4.79 Å². The van der Waals surface area contributed by atoms with E-state index in [1.165, 1.54) is 5.56 Å². The smallest absolute Gasteiger partial charge is 0.243 e. The molecule has 1 N–H and O–H groups in total. The van der Waals surface area contributed by atoms with Crippen LogP contribution in [0, 0.1) is 0 Å². The molecule has 1 aliphatic rings. The molecule has 1 heterocycles. The molecule has 0 radical (unpaired) electrons. The number of nitrogens with zero attached hydrogens (tertiary/aromatic N) is 1. The molecule has 2 aromatic rings. The summed E-state index contributed by atoms with van der Waals surface area (Å²) in [6.45, 7) is 3.14. The minimum Gasteiger partial charge on any atom is -0.358 e. The fourth-order valence-electron chi connectivity index (χ4n) is 2.60. The molecule has 1 aliphatic heterocycles. The van der Waals surface area contributed by atoms with Crippen LogP contribution in [0.5, 0.6) is 0 Å². The van der Waals surface area contributed by atoms with Crippen LogP contribution >= 0.6 is 11.6 Å². The van der Waals surface area contributed by atoms with E-state index in [2.05, 4.69) is 29.3 Å². The quantitative estimate of drug-likeness (QED) is 0.913. The Morgan fingerprint density at radius 3 is 2.86 bits per heavy atom. The first-order valence-electron chi connectivity index (χ1n) is 7.08. The van der Waals surface area contributed by atoms with Gasteiger partial charge in [-0.15, -0.1) is 0 Å². The van der Waals surface area contributed by atoms with Gasteiger partial charge in [0.05, 0.1) is 6.54 Å². The van der Waals surface area contributed by atoms with Crippen LogP contribution in [0.4, 0.5) is 11.4 Å². The Labute approximate surface area is 129 Å². The average molecular weight is 301 g/mol. The number of rotatable bonds is 2. The third-order valence-corrected chi connectivity index (χ3v) is 3.96. The van der Waals surface area contributed by atoms with E-state index < -0.39 is 0 Å². The molecule has 1 amide bonds. The predicted molar refractivity (Wildman–Crippen MR) is 87.0 cm³/mol. The summed E-state index contributed by atoms with van der Waals surface area (Å²) in [5.41, 5.74) is 4.22. The summed E-state index contributed by atoms with van der Waals surface area (Å²) in [6, 6.07) is 13.9. The summed E-state index contributed by atoms with van der Waals surface area (Å²) in [4.78, 5) is 14.2. The highest BCUT2D eigenvalue weighted by molar-refractivity contribution is 6.30. The second-order valence-electron chi connectivity index (χ2n) is 5.23. The SMILES string of the molecule is CCc1cccc(N2CC(=O)Nc3ccc(Cl)cc3C2)c1. The van der Waals surface area contributed by atoms with Gasteiger partial charge in [-0.2, -0.15) is 0 Å². The van der Waals surface area contributed by atoms with Crippen LogP contribution in [0.25, 0.3) is 0 Å². The first-order valence-corrected chi connectivity index (χ1v) is 7.45. The van der Waals surface area contributed by atoms with E-state index in [0.717, 1.165) is 23.4 Å². The highest BCUT2D eigenvalue weighted by atomic mass is 35.5. The molecule has 108 valence electrons. The molecule has 0 atom stereocenters. The molecule has 0 fully saturated rings. The molecule has 0 saturated heterocycles. The Bertz CT molecular complexity index is 684. The summed E-state index contributed by atoms with van der Waals surface area (Å²) >= 11 is 6.08. The van der Waals surface area contributed by atoms with Gasteiger partial charge in [-0.25, -0.2) is 0 Å². The van der Waals surface area contributed by atoms with Gasteiger partial charge >= 0.3 is 0 Å². The molecule has 21 heavy (non-hydrogen) atoms. The van der Waals surface area contributed by atoms with Crippen LogP contribution in [-0.4, -0.2) is 12.5 Å². The van der Waals surface area contributed by atoms with Crippen LogP contribution in [0.3, 0.4) is 0 Å². The number of fused-ring (bicyclic) bond motifs is 1. The maximum atomic E-state index is 12.1. The van der Waals surface area contributed by atoms with E-state index in [0.29, 0.717) is 18.1 Å². The van der Waals surface area contributed by atoms with Crippen molar-refractivity contribution in [2.45, 2.75) is 19.9 Å². The average Bonchev–Trinajstić information content (AvgIpc) is 2.65. The van der Waals surface area contributed by atoms with Gasteiger partial charge in [-0.3, -0.25) is 4.79 Å². The zero-order chi connectivity index (χ0) is 14.8. The molecular weight excluding hydrogens is 284 g/mol. The molecule has 2 aromatic carbocycles. The lowest BCUT2D eigenvalue weighted by molar-refractivity contribution is -0.114. The van der Waals surface area contributed by atoms with Gasteiger partial charge in [-0.05, 0) is 47.9 Å². The molecule has 0 spiro atoms. The Morgan fingerprint density at radius 1 is 1.19 bits per heavy atom. The van der Waals surface area contributed by atoms with E-state index in [4.69, 9.17) is 11.6 Å². The zero-order valence-corrected chi connectivity index (χ0v) is 12.7. The molecule has 0 bridgehead atoms. The van der Waals surface area contributed by atoms with Gasteiger partial charge in [-0.1, -0.05) is 30.7 Å². The number of amides is 1. The van der Waals surface area contributed by atoms with Crippen LogP contribution in [-0.2, 0) is 17.8 Å². The summed E-state index contributed by atoms with van der Waals surface area (Å²) in [6.07, 6.45) is 0.982. The Morgan fingerprint density at radius 2 is 2.05 bits per heavy atom. The van der Waals surface area contributed by atoms with Crippen molar-refractivity contribution in [2.24, 2.45) is 0 Å². The monoisotopic (exact) mass is 300 g/mol. The number of benzene rings is 2. The second kappa shape index (κ2) is 5.78. The van der Waals surface area contributed by atoms with Crippen molar-refractivity contribution in [3.63, 3.8) is 0 Å². The fraction of sp³-hybridized carbons (Fsp3) is 0.235. The molecule has 3 nitrogen and oxygen atoms in total. The molecule has 0 aliphatic carbocycles. The topological polar surface area (TPSA) is 32.3 Å². The molecule has 0 aromatic heterocycles. The third kappa shape index (κ3) is 3.03. The summed E-state index contributed by atoms with van der Waals surface area (Å²) < 4.78 is 0. The van der Waals surface area contributed by atoms with Gasteiger partial charge in [0.15, 0.2) is 0 Å². The summed E-state index contributed by atoms with van der Waals surface area (Å²) in [7, 11) is 0. The molecule has 3 rings (SSSR count). The van der Waals surface area contributed by atoms with Crippen LogP contribution in [0.1, 0.15) is 18.1 Å². The minimum absolute atomic E-state index is 0.00188. The summed E-state index contributed by atoms with van der Waals surface area (Å²) in [5.74, 6) is -0.00188. The normalized spacial score (nSPS) is 14.4. The molecule has 4 heteroatoms. The Balaban J connectivity index is 1.97. The van der Waals surface area contributed by atoms with E-state index in [-0.39, 0.29) is 5.91 Å². The Kier molecular flexibility index (Phi) is 3.84. The second-order valence-corrected chi connectivity index (χ2v) is 5.67. The number of aryl methyl sites for hydroxylation is 1. The van der Waals surface area contributed by atoms with Gasteiger partial charge in [0, 0.05) is 22.9 Å². The minimum atomic E-state index is -0.00188. The highest BCUT2D eigenvalue weighted by Crippen LogP contribution is 2.27. The summed E-state index contributed by atoms with van der Waals surface area (Å²) in [5, 5.41) is 3.63. The van der Waals surface area contributed by atoms with Crippen molar-refractivity contribution in [1.29, 1.82) is 0 Å². The molecule has 0 unspecified atom stereocenters. The van der Waals surface area contributed by atoms with Crippen LogP contribution < -0.4 is 10.2 Å². The number of halogens is 1. The number of hydrogen-bond acceptors (Lipinski definition) is 2. The number of carbonyl (C=O) groups excluding carboxylic acids is 1. The van der Waals surface area contributed by atoms with Gasteiger partial charge < -0.3 is 10.2 Å². The lowest BCUT2D eigenvalue weighted by Crippen LogP contribution is -2.29. The zero-order valence-electron chi connectivity index (χ0n) is 11.9. The Hall–Kier alpha value is -2.00. The predicted octanol–water partition coefficient (Wildman–Crippen LogP) is 3.86. The van der Waals surface area contributed by atoms with Crippen molar-refractivity contribution in [3.05, 3.63) is 58.6 Å². The van der Waals surface area contributed by atoms with E-state index in [1.54, 1.807) is 6.07 Å². The maximum Gasteiger partial charge on any atom is 0.243 e. The first-order chi connectivity index (χ1) is 10.2. The van der Waals surface area contributed by atoms with Crippen LogP contribution in [0.2, 0.25) is 5.02 Å². The standard InChI is InChI=1S/C17H17ClN2O/c1-2-12-4-3-5-15(8-12)20-10-13-9-14(18)6-7-16(13)19-17(21)11-20/h3-9H,2,10-11H2,1H3,(H,19,21). The maximum absolute atomic E-state index is 12.1. The fourth-order valence-corrected chi connectivity index (χ4v) is 2.79. The van der Waals surface area contributed by atoms with Crippen molar-refractivity contribution >= 4 is 28.9 Å². The van der Waals surface area contributed by atoms with E-state index >= 15 is 0 Å². The van der Waals surface area contributed by atoms with Crippen LogP contribution in [0.15, 0.2) is 42.5 Å². The van der Waals surface area contributed by atoms with Gasteiger partial charge in [0.2, 0.25) is 5.91 Å². The van der Waals surface area contributed by atoms with Gasteiger partial charge in [0.1, 0.15) is 0 Å². The highest BCUT2D eigenvalue weighted by Gasteiger charge is 2.19. The number of anilines is 2. The van der Waals surface area contributed by atoms with Crippen molar-refractivity contribution in [3.8, 4) is 0 Å². The van der Waals surface area contributed by atoms with Crippen molar-refractivity contribution < 1.29 is 4.79 Å².